The lowest BCUT2D eigenvalue weighted by atomic mass is 9.73. The molecule has 25 heteroatoms. The molecule has 2 amide bonds. The Morgan fingerprint density at radius 3 is 2.21 bits per heavy atom. The van der Waals surface area contributed by atoms with Crippen LogP contribution < -0.4 is 21.9 Å². The molecule has 0 radical (unpaired) electrons. The van der Waals surface area contributed by atoms with Crippen molar-refractivity contribution < 1.29 is 77.5 Å². The first-order valence-electron chi connectivity index (χ1n) is 28.8. The topological polar surface area (TPSA) is 313 Å². The molecule has 0 aliphatic carbocycles. The number of aryl methyl sites for hydroxylation is 1. The molecule has 0 spiro atoms. The predicted octanol–water partition coefficient (Wildman–Crippen LogP) is 3.42. The molecular formula is C56H100N6O18Si. The van der Waals surface area contributed by atoms with E-state index >= 15 is 0 Å². The van der Waals surface area contributed by atoms with Crippen LogP contribution in [0.4, 0.5) is 4.79 Å². The molecule has 0 bridgehead atoms. The molecule has 81 heavy (non-hydrogen) atoms. The molecule has 466 valence electrons. The molecule has 4 fully saturated rings. The van der Waals surface area contributed by atoms with Crippen LogP contribution in [-0.4, -0.2) is 203 Å². The molecule has 5 heterocycles. The van der Waals surface area contributed by atoms with E-state index in [-0.39, 0.29) is 68.3 Å². The number of nitrogens with one attached hydrogen (secondary N) is 3. The summed E-state index contributed by atoms with van der Waals surface area (Å²) in [5.74, 6) is -4.58. The number of rotatable bonds is 16. The van der Waals surface area contributed by atoms with Crippen LogP contribution in [0.5, 0.6) is 0 Å². The van der Waals surface area contributed by atoms with Crippen LogP contribution in [-0.2, 0) is 47.2 Å². The first kappa shape index (κ1) is 68.4. The highest BCUT2D eigenvalue weighted by Gasteiger charge is 2.54. The Hall–Kier alpha value is -3.41. The Morgan fingerprint density at radius 1 is 0.951 bits per heavy atom. The zero-order chi connectivity index (χ0) is 61.1. The minimum Gasteiger partial charge on any atom is -0.459 e. The van der Waals surface area contributed by atoms with Gasteiger partial charge in [0, 0.05) is 55.5 Å². The number of cyclic esters (lactones) is 1. The summed E-state index contributed by atoms with van der Waals surface area (Å²) in [4.78, 5) is 63.5. The van der Waals surface area contributed by atoms with E-state index in [4.69, 9.17) is 42.4 Å². The number of carbonyl (C=O) groups excluding carboxylic acids is 2. The summed E-state index contributed by atoms with van der Waals surface area (Å²) in [5, 5.41) is 70.6. The monoisotopic (exact) mass is 1170 g/mol. The zero-order valence-electron chi connectivity index (χ0n) is 51.5. The van der Waals surface area contributed by atoms with Gasteiger partial charge in [0.05, 0.1) is 72.5 Å². The third-order valence-electron chi connectivity index (χ3n) is 17.9. The number of aromatic nitrogens is 2. The third-order valence-corrected chi connectivity index (χ3v) is 22.4. The van der Waals surface area contributed by atoms with E-state index in [1.165, 1.54) is 24.8 Å². The number of urea groups is 1. The summed E-state index contributed by atoms with van der Waals surface area (Å²) < 4.78 is 52.2. The fraction of sp³-hybridized carbons (Fsp3) is 0.875. The van der Waals surface area contributed by atoms with Gasteiger partial charge >= 0.3 is 17.7 Å². The van der Waals surface area contributed by atoms with Gasteiger partial charge in [-0.15, -0.1) is 0 Å². The quantitative estimate of drug-likeness (QED) is 0.0509. The summed E-state index contributed by atoms with van der Waals surface area (Å²) in [6, 6.07) is -1.57. The highest BCUT2D eigenvalue weighted by atomic mass is 28.4. The number of ether oxygens (including phenoxy) is 7. The van der Waals surface area contributed by atoms with Crippen molar-refractivity contribution in [3.8, 4) is 0 Å². The zero-order valence-corrected chi connectivity index (χ0v) is 52.5. The minimum absolute atomic E-state index is 0.0496. The standard InChI is InChI=1S/C56H100N6O18Si/c1-20-39-56(14,71)45(64)32(5)42(60-73-22-21-57-51(68)58-36-24-40(62-27-30(3)48(66)59-52(62)69)77-38(36)28-74-81(18,19)53(9,10)11)29(2)25-54(12,70)47(80-50-43(63)37(61(15)16)23-31(4)75-50)33(6)44(34(7)49(67)78-39)79-41-26-55(13,72-17)46(65)35(8)76-41/h27,29,31-41,43-47,50,63-65,70-71H,20-26,28H2,1-19H3,(H2,57,58,68)(H,59,66,69)/b60-42+/t29-,31-,32+,33+,34-,35+,36+,37+,38-,39?,40-,41+,43-,44?,45-,46+,47-,50+,54-,55-,56-/m1/s1. The van der Waals surface area contributed by atoms with Gasteiger partial charge in [0.2, 0.25) is 0 Å². The summed E-state index contributed by atoms with van der Waals surface area (Å²) in [5.41, 5.74) is -5.69. The molecule has 1 aromatic rings. The van der Waals surface area contributed by atoms with Gasteiger partial charge < -0.3 is 83.5 Å². The van der Waals surface area contributed by atoms with E-state index < -0.39 is 146 Å². The van der Waals surface area contributed by atoms with Gasteiger partial charge in [-0.05, 0) is 100.0 Å². The second-order valence-corrected chi connectivity index (χ2v) is 30.6. The molecule has 2 unspecified atom stereocenters. The second kappa shape index (κ2) is 27.3. The Kier molecular flexibility index (Phi) is 23.0. The van der Waals surface area contributed by atoms with Crippen LogP contribution in [0.3, 0.4) is 0 Å². The molecule has 0 saturated carbocycles. The number of carbonyl (C=O) groups is 2. The second-order valence-electron chi connectivity index (χ2n) is 25.8. The lowest BCUT2D eigenvalue weighted by Gasteiger charge is -2.49. The first-order chi connectivity index (χ1) is 37.4. The van der Waals surface area contributed by atoms with Crippen LogP contribution in [0, 0.1) is 30.6 Å². The first-order valence-corrected chi connectivity index (χ1v) is 31.7. The molecule has 1 aromatic heterocycles. The summed E-state index contributed by atoms with van der Waals surface area (Å²) in [6.45, 7) is 28.7. The number of aromatic amines is 1. The van der Waals surface area contributed by atoms with Gasteiger partial charge in [-0.1, -0.05) is 53.6 Å². The highest BCUT2D eigenvalue weighted by Crippen LogP contribution is 2.42. The lowest BCUT2D eigenvalue weighted by Crippen LogP contribution is -2.61. The lowest BCUT2D eigenvalue weighted by molar-refractivity contribution is -0.317. The fourth-order valence-electron chi connectivity index (χ4n) is 11.7. The number of esters is 1. The van der Waals surface area contributed by atoms with Crippen LogP contribution in [0.25, 0.3) is 0 Å². The number of nitrogens with zero attached hydrogens (tertiary/aromatic N) is 3. The van der Waals surface area contributed by atoms with Crippen LogP contribution in [0.2, 0.25) is 18.1 Å². The van der Waals surface area contributed by atoms with E-state index in [2.05, 4.69) is 54.6 Å². The number of hydrogen-bond acceptors (Lipinski definition) is 20. The molecule has 21 atom stereocenters. The van der Waals surface area contributed by atoms with E-state index in [0.29, 0.717) is 12.0 Å². The molecule has 4 aliphatic rings. The van der Waals surface area contributed by atoms with Crippen molar-refractivity contribution >= 4 is 26.0 Å². The smallest absolute Gasteiger partial charge is 0.330 e. The van der Waals surface area contributed by atoms with Crippen LogP contribution in [0.1, 0.15) is 134 Å². The predicted molar refractivity (Wildman–Crippen MR) is 303 cm³/mol. The SMILES string of the molecule is CCC1OC(=O)[C@H](C)C(O[C@H]2C[C@@](C)(OC)[C@@H](O)[C@H](C)O2)[C@H](C)[C@@H](O[C@@H]2O[C@H](C)C[C@H](N(C)C)[C@H]2O)[C@](C)(O)C[C@@H](C)/C(=N\OCCNC(=O)N[C@H]2C[C@H](n3cc(C)c(=O)[nH]c3=O)O[C@@H]2CO[Si](C)(C)C(C)(C)C)[C@H](C)[C@@H](O)[C@]1(C)O. The van der Waals surface area contributed by atoms with Gasteiger partial charge in [-0.3, -0.25) is 19.1 Å². The number of methoxy groups -OCH3 is 1. The van der Waals surface area contributed by atoms with Gasteiger partial charge in [0.25, 0.3) is 5.56 Å². The molecule has 4 aliphatic heterocycles. The van der Waals surface area contributed by atoms with Crippen molar-refractivity contribution in [2.24, 2.45) is 28.8 Å². The number of hydrogen-bond donors (Lipinski definition) is 8. The maximum atomic E-state index is 14.6. The molecule has 4 saturated heterocycles. The van der Waals surface area contributed by atoms with Gasteiger partial charge in [-0.2, -0.15) is 0 Å². The van der Waals surface area contributed by atoms with Crippen LogP contribution >= 0.6 is 0 Å². The van der Waals surface area contributed by atoms with E-state index in [1.807, 2.05) is 25.9 Å². The Balaban J connectivity index is 1.45. The molecule has 24 nitrogen and oxygen atoms in total. The van der Waals surface area contributed by atoms with Crippen molar-refractivity contribution in [1.82, 2.24) is 25.1 Å². The summed E-state index contributed by atoms with van der Waals surface area (Å²) in [7, 11) is 2.88. The molecule has 5 rings (SSSR count). The Morgan fingerprint density at radius 2 is 1.60 bits per heavy atom. The largest absolute Gasteiger partial charge is 0.459 e. The number of H-pyrrole nitrogens is 1. The van der Waals surface area contributed by atoms with Crippen molar-refractivity contribution in [2.75, 3.05) is 41.0 Å². The number of aliphatic hydroxyl groups excluding tert-OH is 3. The average molecular weight is 1170 g/mol. The maximum Gasteiger partial charge on any atom is 0.330 e. The normalized spacial score (nSPS) is 40.2. The molecule has 8 N–H and O–H groups in total. The maximum absolute atomic E-state index is 14.6. The Bertz CT molecular complexity index is 2400. The van der Waals surface area contributed by atoms with Crippen molar-refractivity contribution in [3.63, 3.8) is 0 Å². The number of likely N-dealkylation sites (N-methyl/N-ethyl adjacent to an activating group) is 1. The summed E-state index contributed by atoms with van der Waals surface area (Å²) in [6.07, 6.45) is -10.3. The van der Waals surface area contributed by atoms with E-state index in [1.54, 1.807) is 62.3 Å². The number of amides is 2. The summed E-state index contributed by atoms with van der Waals surface area (Å²) >= 11 is 0. The van der Waals surface area contributed by atoms with Gasteiger partial charge in [0.1, 0.15) is 42.9 Å². The molecule has 0 aromatic carbocycles. The van der Waals surface area contributed by atoms with Gasteiger partial charge in [-0.25, -0.2) is 9.59 Å². The van der Waals surface area contributed by atoms with E-state index in [0.717, 1.165) is 0 Å². The van der Waals surface area contributed by atoms with Gasteiger partial charge in [0.15, 0.2) is 20.9 Å². The van der Waals surface area contributed by atoms with E-state index in [9.17, 15) is 44.7 Å². The number of oxime groups is 1. The van der Waals surface area contributed by atoms with Crippen molar-refractivity contribution in [3.05, 3.63) is 32.6 Å². The average Bonchev–Trinajstić information content (AvgIpc) is 3.77. The molecular weight excluding hydrogens is 1070 g/mol. The third kappa shape index (κ3) is 16.1. The Labute approximate surface area is 479 Å². The fourth-order valence-corrected chi connectivity index (χ4v) is 12.7. The van der Waals surface area contributed by atoms with Crippen LogP contribution in [0.15, 0.2) is 20.9 Å². The highest BCUT2D eigenvalue weighted by molar-refractivity contribution is 6.74. The van der Waals surface area contributed by atoms with Crippen molar-refractivity contribution in [2.45, 2.75) is 250 Å². The number of aliphatic hydroxyl groups is 5. The van der Waals surface area contributed by atoms with Crippen molar-refractivity contribution in [1.29, 1.82) is 0 Å². The minimum atomic E-state index is -2.28.